The van der Waals surface area contributed by atoms with Crippen LogP contribution in [-0.2, 0) is 11.3 Å². The standard InChI is InChI=1S/C13H19BrN2O/c1-13(4-6-17-7-5-13)10-15-9-12-3-2-11(14)8-16-12/h2-3,8,15H,4-7,9-10H2,1H3. The number of hydrogen-bond acceptors (Lipinski definition) is 3. The Kier molecular flexibility index (Phi) is 4.54. The van der Waals surface area contributed by atoms with E-state index < -0.39 is 0 Å². The van der Waals surface area contributed by atoms with E-state index in [1.807, 2.05) is 18.3 Å². The van der Waals surface area contributed by atoms with Crippen molar-refractivity contribution in [1.82, 2.24) is 10.3 Å². The quantitative estimate of drug-likeness (QED) is 0.928. The maximum Gasteiger partial charge on any atom is 0.0542 e. The first-order chi connectivity index (χ1) is 8.18. The highest BCUT2D eigenvalue weighted by molar-refractivity contribution is 9.10. The normalized spacial score (nSPS) is 19.2. The Morgan fingerprint density at radius 1 is 1.41 bits per heavy atom. The smallest absolute Gasteiger partial charge is 0.0542 e. The highest BCUT2D eigenvalue weighted by Crippen LogP contribution is 2.28. The molecule has 2 heterocycles. The van der Waals surface area contributed by atoms with E-state index in [2.05, 4.69) is 33.2 Å². The minimum atomic E-state index is 0.383. The predicted molar refractivity (Wildman–Crippen MR) is 71.8 cm³/mol. The van der Waals surface area contributed by atoms with Gasteiger partial charge in [-0.1, -0.05) is 6.92 Å². The van der Waals surface area contributed by atoms with Gasteiger partial charge in [0, 0.05) is 37.0 Å². The molecule has 0 bridgehead atoms. The molecule has 1 aromatic rings. The van der Waals surface area contributed by atoms with Crippen LogP contribution in [0.5, 0.6) is 0 Å². The molecule has 1 fully saturated rings. The molecule has 2 rings (SSSR count). The van der Waals surface area contributed by atoms with Gasteiger partial charge in [0.15, 0.2) is 0 Å². The van der Waals surface area contributed by atoms with E-state index in [0.717, 1.165) is 49.3 Å². The van der Waals surface area contributed by atoms with E-state index in [9.17, 15) is 0 Å². The van der Waals surface area contributed by atoms with Crippen molar-refractivity contribution in [2.75, 3.05) is 19.8 Å². The van der Waals surface area contributed by atoms with Gasteiger partial charge in [-0.15, -0.1) is 0 Å². The molecular weight excluding hydrogens is 280 g/mol. The molecule has 1 aliphatic heterocycles. The van der Waals surface area contributed by atoms with Gasteiger partial charge >= 0.3 is 0 Å². The number of nitrogens with one attached hydrogen (secondary N) is 1. The SMILES string of the molecule is CC1(CNCc2ccc(Br)cn2)CCOCC1. The van der Waals surface area contributed by atoms with Crippen molar-refractivity contribution in [3.8, 4) is 0 Å². The van der Waals surface area contributed by atoms with Crippen LogP contribution in [0.4, 0.5) is 0 Å². The van der Waals surface area contributed by atoms with Gasteiger partial charge < -0.3 is 10.1 Å². The molecule has 0 aliphatic carbocycles. The number of rotatable bonds is 4. The van der Waals surface area contributed by atoms with Gasteiger partial charge in [-0.2, -0.15) is 0 Å². The predicted octanol–water partition coefficient (Wildman–Crippen LogP) is 2.75. The lowest BCUT2D eigenvalue weighted by Gasteiger charge is -2.33. The van der Waals surface area contributed by atoms with Gasteiger partial charge in [-0.05, 0) is 46.3 Å². The Balaban J connectivity index is 1.77. The average Bonchev–Trinajstić information content (AvgIpc) is 2.32. The summed E-state index contributed by atoms with van der Waals surface area (Å²) in [5.41, 5.74) is 1.47. The second kappa shape index (κ2) is 5.94. The highest BCUT2D eigenvalue weighted by atomic mass is 79.9. The molecule has 1 aliphatic rings. The van der Waals surface area contributed by atoms with E-state index in [1.54, 1.807) is 0 Å². The second-order valence-corrected chi connectivity index (χ2v) is 5.91. The summed E-state index contributed by atoms with van der Waals surface area (Å²) < 4.78 is 6.42. The fraction of sp³-hybridized carbons (Fsp3) is 0.615. The molecule has 0 spiro atoms. The number of hydrogen-bond donors (Lipinski definition) is 1. The molecule has 0 unspecified atom stereocenters. The van der Waals surface area contributed by atoms with Crippen molar-refractivity contribution >= 4 is 15.9 Å². The molecule has 1 N–H and O–H groups in total. The largest absolute Gasteiger partial charge is 0.381 e. The van der Waals surface area contributed by atoms with E-state index >= 15 is 0 Å². The Morgan fingerprint density at radius 2 is 2.18 bits per heavy atom. The Bertz CT molecular complexity index is 347. The molecule has 1 aromatic heterocycles. The molecule has 17 heavy (non-hydrogen) atoms. The second-order valence-electron chi connectivity index (χ2n) is 4.99. The molecule has 0 aromatic carbocycles. The maximum absolute atomic E-state index is 5.40. The molecular formula is C13H19BrN2O. The Hall–Kier alpha value is -0.450. The molecule has 0 radical (unpaired) electrons. The summed E-state index contributed by atoms with van der Waals surface area (Å²) in [6.45, 7) is 6.00. The van der Waals surface area contributed by atoms with Crippen molar-refractivity contribution in [3.63, 3.8) is 0 Å². The van der Waals surface area contributed by atoms with Crippen molar-refractivity contribution in [1.29, 1.82) is 0 Å². The van der Waals surface area contributed by atoms with E-state index in [4.69, 9.17) is 4.74 Å². The Morgan fingerprint density at radius 3 is 2.82 bits per heavy atom. The van der Waals surface area contributed by atoms with Crippen LogP contribution in [0.3, 0.4) is 0 Å². The van der Waals surface area contributed by atoms with Crippen molar-refractivity contribution in [3.05, 3.63) is 28.5 Å². The third-order valence-electron chi connectivity index (χ3n) is 3.35. The number of pyridine rings is 1. The van der Waals surface area contributed by atoms with Gasteiger partial charge in [0.25, 0.3) is 0 Å². The van der Waals surface area contributed by atoms with Crippen LogP contribution >= 0.6 is 15.9 Å². The fourth-order valence-corrected chi connectivity index (χ4v) is 2.28. The fourth-order valence-electron chi connectivity index (χ4n) is 2.04. The third kappa shape index (κ3) is 4.05. The molecule has 3 nitrogen and oxygen atoms in total. The summed E-state index contributed by atoms with van der Waals surface area (Å²) in [5.74, 6) is 0. The van der Waals surface area contributed by atoms with Crippen LogP contribution in [0.2, 0.25) is 0 Å². The van der Waals surface area contributed by atoms with Crippen molar-refractivity contribution in [2.24, 2.45) is 5.41 Å². The topological polar surface area (TPSA) is 34.2 Å². The summed E-state index contributed by atoms with van der Waals surface area (Å²) in [7, 11) is 0. The van der Waals surface area contributed by atoms with Crippen LogP contribution in [-0.4, -0.2) is 24.7 Å². The van der Waals surface area contributed by atoms with Gasteiger partial charge in [0.2, 0.25) is 0 Å². The van der Waals surface area contributed by atoms with Crippen LogP contribution < -0.4 is 5.32 Å². The van der Waals surface area contributed by atoms with Crippen LogP contribution in [0, 0.1) is 5.41 Å². The zero-order chi connectivity index (χ0) is 12.1. The van der Waals surface area contributed by atoms with Crippen LogP contribution in [0.25, 0.3) is 0 Å². The molecule has 0 saturated carbocycles. The number of nitrogens with zero attached hydrogens (tertiary/aromatic N) is 1. The molecule has 1 saturated heterocycles. The van der Waals surface area contributed by atoms with Crippen LogP contribution in [0.1, 0.15) is 25.5 Å². The average molecular weight is 299 g/mol. The minimum absolute atomic E-state index is 0.383. The summed E-state index contributed by atoms with van der Waals surface area (Å²) in [6, 6.07) is 4.07. The maximum atomic E-state index is 5.40. The summed E-state index contributed by atoms with van der Waals surface area (Å²) in [4.78, 5) is 4.35. The lowest BCUT2D eigenvalue weighted by atomic mass is 9.82. The Labute approximate surface area is 111 Å². The zero-order valence-corrected chi connectivity index (χ0v) is 11.8. The van der Waals surface area contributed by atoms with Gasteiger partial charge in [-0.3, -0.25) is 4.98 Å². The van der Waals surface area contributed by atoms with E-state index in [-0.39, 0.29) is 0 Å². The van der Waals surface area contributed by atoms with E-state index in [1.165, 1.54) is 0 Å². The minimum Gasteiger partial charge on any atom is -0.381 e. The lowest BCUT2D eigenvalue weighted by Crippen LogP contribution is -2.36. The number of aromatic nitrogens is 1. The van der Waals surface area contributed by atoms with Crippen molar-refractivity contribution < 1.29 is 4.74 Å². The van der Waals surface area contributed by atoms with Crippen LogP contribution in [0.15, 0.2) is 22.8 Å². The number of ether oxygens (including phenoxy) is 1. The highest BCUT2D eigenvalue weighted by Gasteiger charge is 2.26. The summed E-state index contributed by atoms with van der Waals surface area (Å²) in [5, 5.41) is 3.50. The monoisotopic (exact) mass is 298 g/mol. The first-order valence-electron chi connectivity index (χ1n) is 6.07. The number of halogens is 1. The summed E-state index contributed by atoms with van der Waals surface area (Å²) >= 11 is 3.39. The molecule has 94 valence electrons. The van der Waals surface area contributed by atoms with Gasteiger partial charge in [0.1, 0.15) is 0 Å². The molecule has 4 heteroatoms. The lowest BCUT2D eigenvalue weighted by molar-refractivity contribution is 0.0240. The first kappa shape index (κ1) is 13.0. The third-order valence-corrected chi connectivity index (χ3v) is 3.82. The zero-order valence-electron chi connectivity index (χ0n) is 10.2. The summed E-state index contributed by atoms with van der Waals surface area (Å²) in [6.07, 6.45) is 4.13. The first-order valence-corrected chi connectivity index (χ1v) is 6.86. The van der Waals surface area contributed by atoms with Gasteiger partial charge in [0.05, 0.1) is 5.69 Å². The van der Waals surface area contributed by atoms with Crippen molar-refractivity contribution in [2.45, 2.75) is 26.3 Å². The molecule has 0 atom stereocenters. The van der Waals surface area contributed by atoms with Gasteiger partial charge in [-0.25, -0.2) is 0 Å². The van der Waals surface area contributed by atoms with E-state index in [0.29, 0.717) is 5.41 Å². The molecule has 0 amide bonds.